The van der Waals surface area contributed by atoms with E-state index in [0.717, 1.165) is 24.0 Å². The lowest BCUT2D eigenvalue weighted by Crippen LogP contribution is -2.22. The van der Waals surface area contributed by atoms with Gasteiger partial charge in [0.1, 0.15) is 11.0 Å². The molecule has 0 atom stereocenters. The summed E-state index contributed by atoms with van der Waals surface area (Å²) in [6.07, 6.45) is 3.60. The van der Waals surface area contributed by atoms with E-state index in [1.165, 1.54) is 36.7 Å². The van der Waals surface area contributed by atoms with Crippen LogP contribution in [0.4, 0.5) is 0 Å². The summed E-state index contributed by atoms with van der Waals surface area (Å²) in [7, 11) is 2.19. The van der Waals surface area contributed by atoms with Crippen molar-refractivity contribution in [3.05, 3.63) is 23.8 Å². The zero-order valence-corrected chi connectivity index (χ0v) is 11.3. The van der Waals surface area contributed by atoms with Gasteiger partial charge >= 0.3 is 0 Å². The van der Waals surface area contributed by atoms with Crippen molar-refractivity contribution in [1.82, 2.24) is 13.6 Å². The molecule has 0 unspecified atom stereocenters. The topological polar surface area (TPSA) is 29.0 Å². The Hall–Kier alpha value is -1.00. The number of rotatable bonds is 6. The molecule has 1 heterocycles. The van der Waals surface area contributed by atoms with Gasteiger partial charge in [-0.05, 0) is 38.1 Å². The lowest BCUT2D eigenvalue weighted by atomic mass is 10.1. The van der Waals surface area contributed by atoms with E-state index in [2.05, 4.69) is 39.8 Å². The van der Waals surface area contributed by atoms with Crippen LogP contribution in [0.5, 0.6) is 0 Å². The summed E-state index contributed by atoms with van der Waals surface area (Å²) in [5.74, 6) is 0. The minimum Gasteiger partial charge on any atom is -0.306 e. The van der Waals surface area contributed by atoms with Gasteiger partial charge in [-0.3, -0.25) is 0 Å². The molecule has 2 aromatic rings. The zero-order valence-electron chi connectivity index (χ0n) is 10.5. The molecule has 0 aliphatic carbocycles. The van der Waals surface area contributed by atoms with Crippen molar-refractivity contribution >= 4 is 22.8 Å². The molecule has 0 aliphatic heterocycles. The van der Waals surface area contributed by atoms with E-state index in [9.17, 15) is 0 Å². The monoisotopic (exact) mass is 249 g/mol. The number of fused-ring (bicyclic) bond motifs is 1. The largest absolute Gasteiger partial charge is 0.306 e. The highest BCUT2D eigenvalue weighted by molar-refractivity contribution is 7.00. The van der Waals surface area contributed by atoms with Crippen LogP contribution in [0.15, 0.2) is 18.2 Å². The number of likely N-dealkylation sites (N-methyl/N-ethyl adjacent to an activating group) is 1. The number of aromatic nitrogens is 2. The first-order valence-corrected chi connectivity index (χ1v) is 6.93. The molecule has 0 amide bonds. The van der Waals surface area contributed by atoms with Crippen molar-refractivity contribution in [3.63, 3.8) is 0 Å². The van der Waals surface area contributed by atoms with Gasteiger partial charge in [0.15, 0.2) is 0 Å². The van der Waals surface area contributed by atoms with E-state index in [-0.39, 0.29) is 0 Å². The highest BCUT2D eigenvalue weighted by atomic mass is 32.1. The molecule has 1 aromatic carbocycles. The van der Waals surface area contributed by atoms with E-state index >= 15 is 0 Å². The summed E-state index contributed by atoms with van der Waals surface area (Å²) in [4.78, 5) is 2.39. The summed E-state index contributed by atoms with van der Waals surface area (Å²) in [6.45, 7) is 4.51. The second-order valence-electron chi connectivity index (χ2n) is 4.46. The normalized spacial score (nSPS) is 11.5. The Kier molecular flexibility index (Phi) is 4.45. The molecule has 92 valence electrons. The molecule has 0 aliphatic rings. The van der Waals surface area contributed by atoms with Gasteiger partial charge < -0.3 is 4.90 Å². The van der Waals surface area contributed by atoms with Crippen LogP contribution in [0.1, 0.15) is 25.3 Å². The molecule has 0 bridgehead atoms. The van der Waals surface area contributed by atoms with Crippen molar-refractivity contribution in [3.8, 4) is 0 Å². The minimum absolute atomic E-state index is 1.03. The van der Waals surface area contributed by atoms with Gasteiger partial charge in [-0.2, -0.15) is 8.75 Å². The third-order valence-electron chi connectivity index (χ3n) is 3.03. The van der Waals surface area contributed by atoms with Crippen molar-refractivity contribution in [2.24, 2.45) is 0 Å². The maximum Gasteiger partial charge on any atom is 0.108 e. The lowest BCUT2D eigenvalue weighted by Gasteiger charge is -2.15. The summed E-state index contributed by atoms with van der Waals surface area (Å²) in [5, 5.41) is 0. The van der Waals surface area contributed by atoms with E-state index in [1.54, 1.807) is 0 Å². The summed E-state index contributed by atoms with van der Waals surface area (Å²) >= 11 is 1.30. The second-order valence-corrected chi connectivity index (χ2v) is 4.98. The van der Waals surface area contributed by atoms with Crippen LogP contribution in [0.3, 0.4) is 0 Å². The molecule has 0 saturated carbocycles. The fraction of sp³-hybridized carbons (Fsp3) is 0.538. The predicted molar refractivity (Wildman–Crippen MR) is 73.5 cm³/mol. The van der Waals surface area contributed by atoms with Crippen LogP contribution >= 0.6 is 11.7 Å². The number of hydrogen-bond acceptors (Lipinski definition) is 4. The van der Waals surface area contributed by atoms with Gasteiger partial charge in [-0.15, -0.1) is 0 Å². The first kappa shape index (κ1) is 12.5. The molecular weight excluding hydrogens is 230 g/mol. The zero-order chi connectivity index (χ0) is 12.1. The molecular formula is C13H19N3S. The molecule has 0 fully saturated rings. The third-order valence-corrected chi connectivity index (χ3v) is 3.57. The maximum absolute atomic E-state index is 4.37. The molecule has 1 aromatic heterocycles. The van der Waals surface area contributed by atoms with Crippen LogP contribution in [0.25, 0.3) is 11.0 Å². The Morgan fingerprint density at radius 1 is 1.24 bits per heavy atom. The average Bonchev–Trinajstić information content (AvgIpc) is 2.82. The van der Waals surface area contributed by atoms with Gasteiger partial charge in [0.2, 0.25) is 0 Å². The minimum atomic E-state index is 1.03. The Balaban J connectivity index is 1.96. The lowest BCUT2D eigenvalue weighted by molar-refractivity contribution is 0.332. The van der Waals surface area contributed by atoms with Gasteiger partial charge in [0.05, 0.1) is 11.7 Å². The number of nitrogens with zero attached hydrogens (tertiary/aromatic N) is 3. The molecule has 0 radical (unpaired) electrons. The molecule has 2 rings (SSSR count). The van der Waals surface area contributed by atoms with E-state index in [4.69, 9.17) is 0 Å². The molecule has 0 saturated heterocycles. The Morgan fingerprint density at radius 3 is 2.94 bits per heavy atom. The molecule has 4 heteroatoms. The Bertz CT molecular complexity index is 466. The van der Waals surface area contributed by atoms with Crippen LogP contribution in [-0.2, 0) is 6.42 Å². The second kappa shape index (κ2) is 6.07. The predicted octanol–water partition coefficient (Wildman–Crippen LogP) is 2.97. The number of benzene rings is 1. The highest BCUT2D eigenvalue weighted by Crippen LogP contribution is 2.16. The van der Waals surface area contributed by atoms with E-state index < -0.39 is 0 Å². The Labute approximate surface area is 107 Å². The number of hydrogen-bond donors (Lipinski definition) is 0. The van der Waals surface area contributed by atoms with Gasteiger partial charge in [-0.1, -0.05) is 25.5 Å². The third kappa shape index (κ3) is 3.23. The molecule has 0 spiro atoms. The smallest absolute Gasteiger partial charge is 0.108 e. The quantitative estimate of drug-likeness (QED) is 0.788. The summed E-state index contributed by atoms with van der Waals surface area (Å²) < 4.78 is 8.64. The fourth-order valence-corrected chi connectivity index (χ4v) is 2.48. The maximum atomic E-state index is 4.37. The van der Waals surface area contributed by atoms with Gasteiger partial charge in [-0.25, -0.2) is 0 Å². The van der Waals surface area contributed by atoms with Crippen molar-refractivity contribution in [1.29, 1.82) is 0 Å². The van der Waals surface area contributed by atoms with Crippen molar-refractivity contribution in [2.45, 2.75) is 26.2 Å². The van der Waals surface area contributed by atoms with E-state index in [1.807, 2.05) is 6.07 Å². The molecule has 0 N–H and O–H groups in total. The standard InChI is InChI=1S/C13H19N3S/c1-3-4-9-16(2)10-8-11-6-5-7-12-13(11)15-17-14-12/h5-7H,3-4,8-10H2,1-2H3. The first-order valence-electron chi connectivity index (χ1n) is 6.20. The van der Waals surface area contributed by atoms with Crippen molar-refractivity contribution in [2.75, 3.05) is 20.1 Å². The SMILES string of the molecule is CCCCN(C)CCc1cccc2nsnc12. The van der Waals surface area contributed by atoms with Crippen LogP contribution < -0.4 is 0 Å². The van der Waals surface area contributed by atoms with E-state index in [0.29, 0.717) is 0 Å². The number of unbranched alkanes of at least 4 members (excludes halogenated alkanes) is 1. The average molecular weight is 249 g/mol. The van der Waals surface area contributed by atoms with Gasteiger partial charge in [0, 0.05) is 6.54 Å². The summed E-state index contributed by atoms with van der Waals surface area (Å²) in [5.41, 5.74) is 3.43. The Morgan fingerprint density at radius 2 is 2.12 bits per heavy atom. The van der Waals surface area contributed by atoms with Crippen molar-refractivity contribution < 1.29 is 0 Å². The van der Waals surface area contributed by atoms with Crippen LogP contribution in [0.2, 0.25) is 0 Å². The first-order chi connectivity index (χ1) is 8.31. The molecule has 17 heavy (non-hydrogen) atoms. The van der Waals surface area contributed by atoms with Gasteiger partial charge in [0.25, 0.3) is 0 Å². The fourth-order valence-electron chi connectivity index (χ4n) is 1.91. The highest BCUT2D eigenvalue weighted by Gasteiger charge is 2.05. The van der Waals surface area contributed by atoms with Crippen LogP contribution in [-0.4, -0.2) is 33.8 Å². The molecule has 3 nitrogen and oxygen atoms in total. The summed E-state index contributed by atoms with van der Waals surface area (Å²) in [6, 6.07) is 6.27. The van der Waals surface area contributed by atoms with Crippen LogP contribution in [0, 0.1) is 0 Å².